The van der Waals surface area contributed by atoms with Crippen LogP contribution >= 0.6 is 0 Å². The first-order valence-corrected chi connectivity index (χ1v) is 4.66. The maximum atomic E-state index is 11.4. The third-order valence-electron chi connectivity index (χ3n) is 2.25. The fourth-order valence-corrected chi connectivity index (χ4v) is 1.56. The fraction of sp³-hybridized carbons (Fsp3) is 0.700. The van der Waals surface area contributed by atoms with Crippen LogP contribution in [-0.4, -0.2) is 12.4 Å². The number of rotatable bonds is 4. The monoisotopic (exact) mass is 168 g/mol. The lowest BCUT2D eigenvalue weighted by molar-refractivity contribution is -0.118. The summed E-state index contributed by atoms with van der Waals surface area (Å²) >= 11 is 0. The van der Waals surface area contributed by atoms with E-state index in [2.05, 4.69) is 0 Å². The molecule has 0 bridgehead atoms. The predicted octanol–water partition coefficient (Wildman–Crippen LogP) is 2.30. The lowest BCUT2D eigenvalue weighted by atomic mass is 10.0. The van der Waals surface area contributed by atoms with Gasteiger partial charge in [0.25, 0.3) is 0 Å². The second kappa shape index (κ2) is 4.96. The van der Waals surface area contributed by atoms with Crippen LogP contribution in [-0.2, 0) is 9.53 Å². The number of carbonyl (C=O) groups excluding carboxylic acids is 1. The van der Waals surface area contributed by atoms with Crippen molar-refractivity contribution < 1.29 is 9.53 Å². The SMILES string of the molecule is CCO/C=C/C(=O)C1CCCC1. The molecule has 0 spiro atoms. The highest BCUT2D eigenvalue weighted by Crippen LogP contribution is 2.25. The van der Waals surface area contributed by atoms with E-state index < -0.39 is 0 Å². The summed E-state index contributed by atoms with van der Waals surface area (Å²) in [4.78, 5) is 11.4. The number of ketones is 1. The summed E-state index contributed by atoms with van der Waals surface area (Å²) in [5, 5.41) is 0. The van der Waals surface area contributed by atoms with E-state index in [1.54, 1.807) is 6.08 Å². The Balaban J connectivity index is 2.26. The van der Waals surface area contributed by atoms with Crippen molar-refractivity contribution in [2.45, 2.75) is 32.6 Å². The van der Waals surface area contributed by atoms with Gasteiger partial charge in [-0.3, -0.25) is 4.79 Å². The molecule has 1 saturated carbocycles. The molecule has 0 N–H and O–H groups in total. The highest BCUT2D eigenvalue weighted by atomic mass is 16.5. The molecule has 1 fully saturated rings. The van der Waals surface area contributed by atoms with Crippen molar-refractivity contribution in [1.82, 2.24) is 0 Å². The van der Waals surface area contributed by atoms with E-state index in [0.717, 1.165) is 12.8 Å². The van der Waals surface area contributed by atoms with Crippen LogP contribution in [0.1, 0.15) is 32.6 Å². The number of hydrogen-bond acceptors (Lipinski definition) is 2. The Kier molecular flexibility index (Phi) is 3.85. The van der Waals surface area contributed by atoms with Crippen molar-refractivity contribution in [2.24, 2.45) is 5.92 Å². The van der Waals surface area contributed by atoms with Crippen molar-refractivity contribution in [3.63, 3.8) is 0 Å². The molecule has 1 aliphatic rings. The topological polar surface area (TPSA) is 26.3 Å². The number of allylic oxidation sites excluding steroid dienone is 1. The number of ether oxygens (including phenoxy) is 1. The van der Waals surface area contributed by atoms with Crippen LogP contribution in [0.25, 0.3) is 0 Å². The summed E-state index contributed by atoms with van der Waals surface area (Å²) in [5.74, 6) is 0.516. The molecule has 0 aliphatic heterocycles. The Morgan fingerprint density at radius 2 is 2.17 bits per heavy atom. The van der Waals surface area contributed by atoms with Crippen molar-refractivity contribution in [3.05, 3.63) is 12.3 Å². The molecule has 2 nitrogen and oxygen atoms in total. The Bertz CT molecular complexity index is 167. The van der Waals surface area contributed by atoms with Crippen LogP contribution in [0.4, 0.5) is 0 Å². The summed E-state index contributed by atoms with van der Waals surface area (Å²) in [7, 11) is 0. The summed E-state index contributed by atoms with van der Waals surface area (Å²) < 4.78 is 4.96. The van der Waals surface area contributed by atoms with E-state index in [-0.39, 0.29) is 11.7 Å². The maximum absolute atomic E-state index is 11.4. The highest BCUT2D eigenvalue weighted by molar-refractivity contribution is 5.91. The van der Waals surface area contributed by atoms with Crippen LogP contribution in [0.5, 0.6) is 0 Å². The second-order valence-electron chi connectivity index (χ2n) is 3.14. The lowest BCUT2D eigenvalue weighted by Crippen LogP contribution is -2.06. The highest BCUT2D eigenvalue weighted by Gasteiger charge is 2.20. The number of hydrogen-bond donors (Lipinski definition) is 0. The largest absolute Gasteiger partial charge is 0.501 e. The van der Waals surface area contributed by atoms with Gasteiger partial charge in [-0.2, -0.15) is 0 Å². The van der Waals surface area contributed by atoms with Crippen molar-refractivity contribution in [2.75, 3.05) is 6.61 Å². The van der Waals surface area contributed by atoms with Gasteiger partial charge in [0.05, 0.1) is 12.9 Å². The summed E-state index contributed by atoms with van der Waals surface area (Å²) in [6.07, 6.45) is 7.63. The smallest absolute Gasteiger partial charge is 0.161 e. The van der Waals surface area contributed by atoms with E-state index in [0.29, 0.717) is 6.61 Å². The van der Waals surface area contributed by atoms with E-state index in [1.165, 1.54) is 19.1 Å². The normalized spacial score (nSPS) is 18.8. The zero-order chi connectivity index (χ0) is 8.81. The zero-order valence-corrected chi connectivity index (χ0v) is 7.58. The van der Waals surface area contributed by atoms with Gasteiger partial charge in [0.2, 0.25) is 0 Å². The second-order valence-corrected chi connectivity index (χ2v) is 3.14. The van der Waals surface area contributed by atoms with E-state index in [4.69, 9.17) is 4.74 Å². The van der Waals surface area contributed by atoms with Gasteiger partial charge in [-0.25, -0.2) is 0 Å². The van der Waals surface area contributed by atoms with Gasteiger partial charge >= 0.3 is 0 Å². The van der Waals surface area contributed by atoms with Crippen LogP contribution in [0.3, 0.4) is 0 Å². The van der Waals surface area contributed by atoms with E-state index in [9.17, 15) is 4.79 Å². The molecule has 0 heterocycles. The van der Waals surface area contributed by atoms with Crippen molar-refractivity contribution >= 4 is 5.78 Å². The third-order valence-corrected chi connectivity index (χ3v) is 2.25. The van der Waals surface area contributed by atoms with Crippen molar-refractivity contribution in [3.8, 4) is 0 Å². The zero-order valence-electron chi connectivity index (χ0n) is 7.58. The minimum Gasteiger partial charge on any atom is -0.501 e. The molecular weight excluding hydrogens is 152 g/mol. The van der Waals surface area contributed by atoms with E-state index in [1.807, 2.05) is 6.92 Å². The summed E-state index contributed by atoms with van der Waals surface area (Å²) in [6, 6.07) is 0. The van der Waals surface area contributed by atoms with Gasteiger partial charge in [0.1, 0.15) is 0 Å². The lowest BCUT2D eigenvalue weighted by Gasteiger charge is -2.01. The maximum Gasteiger partial charge on any atom is 0.161 e. The van der Waals surface area contributed by atoms with Crippen LogP contribution < -0.4 is 0 Å². The Labute approximate surface area is 73.6 Å². The van der Waals surface area contributed by atoms with Gasteiger partial charge in [-0.05, 0) is 19.8 Å². The molecular formula is C10H16O2. The van der Waals surface area contributed by atoms with Gasteiger partial charge in [0.15, 0.2) is 5.78 Å². The van der Waals surface area contributed by atoms with Crippen LogP contribution in [0, 0.1) is 5.92 Å². The Morgan fingerprint density at radius 3 is 2.75 bits per heavy atom. The molecule has 68 valence electrons. The first-order chi connectivity index (χ1) is 5.84. The molecule has 0 aromatic heterocycles. The molecule has 0 atom stereocenters. The molecule has 0 aromatic carbocycles. The average Bonchev–Trinajstić information content (AvgIpc) is 2.56. The molecule has 1 aliphatic carbocycles. The fourth-order valence-electron chi connectivity index (χ4n) is 1.56. The first-order valence-electron chi connectivity index (χ1n) is 4.66. The standard InChI is InChI=1S/C10H16O2/c1-2-12-8-7-10(11)9-5-3-4-6-9/h7-9H,2-6H2,1H3/b8-7+. The minimum atomic E-state index is 0.237. The molecule has 0 aromatic rings. The number of carbonyl (C=O) groups is 1. The van der Waals surface area contributed by atoms with E-state index >= 15 is 0 Å². The predicted molar refractivity (Wildman–Crippen MR) is 47.7 cm³/mol. The first kappa shape index (κ1) is 9.30. The molecule has 0 saturated heterocycles. The summed E-state index contributed by atoms with van der Waals surface area (Å²) in [6.45, 7) is 2.54. The molecule has 12 heavy (non-hydrogen) atoms. The molecule has 0 unspecified atom stereocenters. The molecule has 1 rings (SSSR count). The van der Waals surface area contributed by atoms with Crippen LogP contribution in [0.15, 0.2) is 12.3 Å². The molecule has 2 heteroatoms. The Morgan fingerprint density at radius 1 is 1.50 bits per heavy atom. The van der Waals surface area contributed by atoms with Gasteiger partial charge < -0.3 is 4.74 Å². The van der Waals surface area contributed by atoms with Gasteiger partial charge in [-0.1, -0.05) is 12.8 Å². The third kappa shape index (κ3) is 2.68. The van der Waals surface area contributed by atoms with Gasteiger partial charge in [-0.15, -0.1) is 0 Å². The molecule has 0 radical (unpaired) electrons. The van der Waals surface area contributed by atoms with Gasteiger partial charge in [0, 0.05) is 12.0 Å². The quantitative estimate of drug-likeness (QED) is 0.475. The molecule has 0 amide bonds. The average molecular weight is 168 g/mol. The van der Waals surface area contributed by atoms with Crippen LogP contribution in [0.2, 0.25) is 0 Å². The van der Waals surface area contributed by atoms with Crippen molar-refractivity contribution in [1.29, 1.82) is 0 Å². The Hall–Kier alpha value is -0.790. The summed E-state index contributed by atoms with van der Waals surface area (Å²) in [5.41, 5.74) is 0. The minimum absolute atomic E-state index is 0.237.